The van der Waals surface area contributed by atoms with Crippen LogP contribution in [0.2, 0.25) is 0 Å². The molecule has 90 valence electrons. The van der Waals surface area contributed by atoms with Crippen LogP contribution in [0, 0.1) is 0 Å². The van der Waals surface area contributed by atoms with Crippen molar-refractivity contribution in [1.29, 1.82) is 0 Å². The van der Waals surface area contributed by atoms with E-state index in [1.54, 1.807) is 11.3 Å². The van der Waals surface area contributed by atoms with E-state index in [9.17, 15) is 0 Å². The molecule has 1 nitrogen and oxygen atoms in total. The zero-order valence-corrected chi connectivity index (χ0v) is 12.5. The summed E-state index contributed by atoms with van der Waals surface area (Å²) < 4.78 is 1.20. The van der Waals surface area contributed by atoms with Crippen molar-refractivity contribution < 1.29 is 0 Å². The molecule has 0 bridgehead atoms. The number of hydrogen-bond acceptors (Lipinski definition) is 2. The molecule has 0 saturated carbocycles. The van der Waals surface area contributed by atoms with Gasteiger partial charge >= 0.3 is 0 Å². The summed E-state index contributed by atoms with van der Waals surface area (Å²) >= 11 is 5.31. The summed E-state index contributed by atoms with van der Waals surface area (Å²) in [5, 5.41) is 0. The van der Waals surface area contributed by atoms with Gasteiger partial charge in [0.05, 0.1) is 3.79 Å². The average molecular weight is 310 g/mol. The Kier molecular flexibility index (Phi) is 4.37. The van der Waals surface area contributed by atoms with Crippen LogP contribution in [0.15, 0.2) is 46.3 Å². The number of benzene rings is 1. The molecule has 2 rings (SSSR count). The Morgan fingerprint density at radius 1 is 1.18 bits per heavy atom. The molecule has 1 aromatic heterocycles. The van der Waals surface area contributed by atoms with E-state index >= 15 is 0 Å². The fourth-order valence-electron chi connectivity index (χ4n) is 1.81. The predicted octanol–water partition coefficient (Wildman–Crippen LogP) is 4.70. The molecule has 0 aliphatic rings. The molecule has 0 saturated heterocycles. The zero-order valence-electron chi connectivity index (χ0n) is 10.1. The van der Waals surface area contributed by atoms with Gasteiger partial charge < -0.3 is 0 Å². The van der Waals surface area contributed by atoms with Gasteiger partial charge in [0.15, 0.2) is 0 Å². The average Bonchev–Trinajstić information content (AvgIpc) is 2.75. The Bertz CT molecular complexity index is 466. The second kappa shape index (κ2) is 5.80. The van der Waals surface area contributed by atoms with E-state index in [4.69, 9.17) is 0 Å². The first-order chi connectivity index (χ1) is 8.16. The summed E-state index contributed by atoms with van der Waals surface area (Å²) in [6.45, 7) is 3.24. The number of rotatable bonds is 4. The zero-order chi connectivity index (χ0) is 12.3. The van der Waals surface area contributed by atoms with E-state index in [2.05, 4.69) is 77.3 Å². The third-order valence-electron chi connectivity index (χ3n) is 2.98. The number of nitrogens with zero attached hydrogens (tertiary/aromatic N) is 1. The van der Waals surface area contributed by atoms with Gasteiger partial charge in [-0.2, -0.15) is 0 Å². The van der Waals surface area contributed by atoms with Gasteiger partial charge in [0.1, 0.15) is 0 Å². The second-order valence-corrected chi connectivity index (χ2v) is 6.76. The molecule has 0 aliphatic heterocycles. The normalized spacial score (nSPS) is 12.9. The topological polar surface area (TPSA) is 3.24 Å². The lowest BCUT2D eigenvalue weighted by Crippen LogP contribution is -2.21. The lowest BCUT2D eigenvalue weighted by atomic mass is 10.1. The SMILES string of the molecule is CC(c1ccccc1)N(C)Cc1ccc(Br)s1. The van der Waals surface area contributed by atoms with Crippen molar-refractivity contribution in [3.8, 4) is 0 Å². The van der Waals surface area contributed by atoms with Crippen molar-refractivity contribution in [2.75, 3.05) is 7.05 Å². The van der Waals surface area contributed by atoms with Crippen molar-refractivity contribution >= 4 is 27.3 Å². The van der Waals surface area contributed by atoms with Crippen LogP contribution in [0.25, 0.3) is 0 Å². The Hall–Kier alpha value is -0.640. The molecule has 0 fully saturated rings. The molecular weight excluding hydrogens is 294 g/mol. The number of thiophene rings is 1. The highest BCUT2D eigenvalue weighted by Crippen LogP contribution is 2.26. The van der Waals surface area contributed by atoms with Gasteiger partial charge in [-0.1, -0.05) is 30.3 Å². The number of halogens is 1. The van der Waals surface area contributed by atoms with E-state index in [0.717, 1.165) is 6.54 Å². The molecule has 0 radical (unpaired) electrons. The molecule has 1 unspecified atom stereocenters. The first-order valence-corrected chi connectivity index (χ1v) is 7.27. The standard InChI is InChI=1S/C14H16BrNS/c1-11(12-6-4-3-5-7-12)16(2)10-13-8-9-14(15)17-13/h3-9,11H,10H2,1-2H3. The molecule has 0 aliphatic carbocycles. The Labute approximate surface area is 115 Å². The Balaban J connectivity index is 2.03. The maximum absolute atomic E-state index is 3.50. The third kappa shape index (κ3) is 3.41. The van der Waals surface area contributed by atoms with Gasteiger partial charge in [0, 0.05) is 17.5 Å². The molecular formula is C14H16BrNS. The van der Waals surface area contributed by atoms with Crippen LogP contribution in [-0.4, -0.2) is 11.9 Å². The summed E-state index contributed by atoms with van der Waals surface area (Å²) in [5.74, 6) is 0. The summed E-state index contributed by atoms with van der Waals surface area (Å²) in [5.41, 5.74) is 1.37. The summed E-state index contributed by atoms with van der Waals surface area (Å²) in [4.78, 5) is 3.76. The fraction of sp³-hybridized carbons (Fsp3) is 0.286. The monoisotopic (exact) mass is 309 g/mol. The Morgan fingerprint density at radius 2 is 1.88 bits per heavy atom. The second-order valence-electron chi connectivity index (χ2n) is 4.21. The van der Waals surface area contributed by atoms with Crippen molar-refractivity contribution in [2.24, 2.45) is 0 Å². The Morgan fingerprint density at radius 3 is 2.47 bits per heavy atom. The van der Waals surface area contributed by atoms with Gasteiger partial charge in [-0.15, -0.1) is 11.3 Å². The lowest BCUT2D eigenvalue weighted by Gasteiger charge is -2.24. The van der Waals surface area contributed by atoms with Crippen LogP contribution in [-0.2, 0) is 6.54 Å². The van der Waals surface area contributed by atoms with Crippen molar-refractivity contribution in [3.63, 3.8) is 0 Å². The quantitative estimate of drug-likeness (QED) is 0.791. The van der Waals surface area contributed by atoms with E-state index in [1.165, 1.54) is 14.2 Å². The molecule has 1 aromatic carbocycles. The van der Waals surface area contributed by atoms with E-state index in [-0.39, 0.29) is 0 Å². The maximum atomic E-state index is 3.50. The minimum Gasteiger partial charge on any atom is -0.295 e. The highest BCUT2D eigenvalue weighted by atomic mass is 79.9. The lowest BCUT2D eigenvalue weighted by molar-refractivity contribution is 0.255. The van der Waals surface area contributed by atoms with E-state index in [0.29, 0.717) is 6.04 Å². The van der Waals surface area contributed by atoms with Crippen LogP contribution in [0.1, 0.15) is 23.4 Å². The van der Waals surface area contributed by atoms with Crippen LogP contribution in [0.4, 0.5) is 0 Å². The third-order valence-corrected chi connectivity index (χ3v) is 4.59. The maximum Gasteiger partial charge on any atom is 0.0701 e. The van der Waals surface area contributed by atoms with Crippen LogP contribution in [0.5, 0.6) is 0 Å². The molecule has 0 N–H and O–H groups in total. The molecule has 0 spiro atoms. The molecule has 17 heavy (non-hydrogen) atoms. The summed E-state index contributed by atoms with van der Waals surface area (Å²) in [6.07, 6.45) is 0. The number of hydrogen-bond donors (Lipinski definition) is 0. The minimum absolute atomic E-state index is 0.442. The van der Waals surface area contributed by atoms with E-state index < -0.39 is 0 Å². The minimum atomic E-state index is 0.442. The van der Waals surface area contributed by atoms with Crippen molar-refractivity contribution in [1.82, 2.24) is 4.90 Å². The smallest absolute Gasteiger partial charge is 0.0701 e. The first kappa shape index (κ1) is 12.8. The molecule has 1 heterocycles. The van der Waals surface area contributed by atoms with Gasteiger partial charge in [-0.3, -0.25) is 4.90 Å². The molecule has 0 amide bonds. The van der Waals surface area contributed by atoms with Gasteiger partial charge in [0.25, 0.3) is 0 Å². The largest absolute Gasteiger partial charge is 0.295 e. The molecule has 2 aromatic rings. The van der Waals surface area contributed by atoms with Crippen molar-refractivity contribution in [2.45, 2.75) is 19.5 Å². The van der Waals surface area contributed by atoms with Gasteiger partial charge in [-0.05, 0) is 47.6 Å². The highest BCUT2D eigenvalue weighted by molar-refractivity contribution is 9.11. The summed E-state index contributed by atoms with van der Waals surface area (Å²) in [7, 11) is 2.17. The van der Waals surface area contributed by atoms with Crippen LogP contribution in [0.3, 0.4) is 0 Å². The van der Waals surface area contributed by atoms with Gasteiger partial charge in [-0.25, -0.2) is 0 Å². The van der Waals surface area contributed by atoms with Crippen LogP contribution < -0.4 is 0 Å². The van der Waals surface area contributed by atoms with Crippen LogP contribution >= 0.6 is 27.3 Å². The van der Waals surface area contributed by atoms with Gasteiger partial charge in [0.2, 0.25) is 0 Å². The summed E-state index contributed by atoms with van der Waals surface area (Å²) in [6, 6.07) is 15.4. The van der Waals surface area contributed by atoms with Crippen molar-refractivity contribution in [3.05, 3.63) is 56.7 Å². The van der Waals surface area contributed by atoms with E-state index in [1.807, 2.05) is 0 Å². The highest BCUT2D eigenvalue weighted by Gasteiger charge is 2.12. The molecule has 3 heteroatoms. The molecule has 1 atom stereocenters. The fourth-order valence-corrected chi connectivity index (χ4v) is 3.35. The predicted molar refractivity (Wildman–Crippen MR) is 78.3 cm³/mol. The first-order valence-electron chi connectivity index (χ1n) is 5.66.